The van der Waals surface area contributed by atoms with Gasteiger partial charge in [-0.3, -0.25) is 19.8 Å². The zero-order valence-corrected chi connectivity index (χ0v) is 16.2. The Labute approximate surface area is 166 Å². The van der Waals surface area contributed by atoms with Gasteiger partial charge in [0.2, 0.25) is 0 Å². The molecular weight excluding hydrogens is 426 g/mol. The average Bonchev–Trinajstić information content (AvgIpc) is 3.05. The van der Waals surface area contributed by atoms with E-state index in [2.05, 4.69) is 36.4 Å². The predicted molar refractivity (Wildman–Crippen MR) is 110 cm³/mol. The molecule has 0 bridgehead atoms. The predicted octanol–water partition coefficient (Wildman–Crippen LogP) is 4.11. The summed E-state index contributed by atoms with van der Waals surface area (Å²) >= 11 is 3.34. The van der Waals surface area contributed by atoms with Gasteiger partial charge in [0, 0.05) is 16.9 Å². The summed E-state index contributed by atoms with van der Waals surface area (Å²) < 4.78 is 2.22. The lowest BCUT2D eigenvalue weighted by atomic mass is 10.1. The number of benzene rings is 2. The number of fused-ring (bicyclic) bond motifs is 1. The number of halogens is 1. The van der Waals surface area contributed by atoms with Gasteiger partial charge < -0.3 is 9.67 Å². The van der Waals surface area contributed by atoms with Crippen LogP contribution in [0.3, 0.4) is 0 Å². The van der Waals surface area contributed by atoms with E-state index in [0.29, 0.717) is 16.6 Å². The fourth-order valence-corrected chi connectivity index (χ4v) is 3.37. The first-order valence-corrected chi connectivity index (χ1v) is 9.05. The van der Waals surface area contributed by atoms with E-state index in [1.807, 2.05) is 6.07 Å². The highest BCUT2D eigenvalue weighted by atomic mass is 79.9. The second-order valence-electron chi connectivity index (χ2n) is 6.09. The van der Waals surface area contributed by atoms with Crippen molar-refractivity contribution in [2.45, 2.75) is 0 Å². The Morgan fingerprint density at radius 2 is 1.82 bits per heavy atom. The Morgan fingerprint density at radius 3 is 2.61 bits per heavy atom. The maximum Gasteiger partial charge on any atom is 0.292 e. The van der Waals surface area contributed by atoms with Gasteiger partial charge in [0.1, 0.15) is 17.0 Å². The van der Waals surface area contributed by atoms with Crippen molar-refractivity contribution in [3.05, 3.63) is 73.7 Å². The molecule has 0 aliphatic rings. The maximum atomic E-state index is 12.9. The average molecular weight is 440 g/mol. The molecular formula is C19H14BrN5O3. The Morgan fingerprint density at radius 1 is 1.04 bits per heavy atom. The number of nitrogens with one attached hydrogen (secondary N) is 2. The fraction of sp³-hybridized carbons (Fsp3) is 0.0526. The van der Waals surface area contributed by atoms with Crippen LogP contribution in [0.2, 0.25) is 0 Å². The molecule has 0 saturated heterocycles. The Kier molecular flexibility index (Phi) is 4.44. The smallest absolute Gasteiger partial charge is 0.292 e. The highest BCUT2D eigenvalue weighted by Gasteiger charge is 2.22. The van der Waals surface area contributed by atoms with Gasteiger partial charge >= 0.3 is 0 Å². The van der Waals surface area contributed by atoms with Crippen molar-refractivity contribution in [3.63, 3.8) is 0 Å². The van der Waals surface area contributed by atoms with Gasteiger partial charge in [0.05, 0.1) is 11.2 Å². The number of aromatic amines is 2. The second-order valence-corrected chi connectivity index (χ2v) is 7.00. The Hall–Kier alpha value is -3.46. The molecule has 0 unspecified atom stereocenters. The third-order valence-electron chi connectivity index (χ3n) is 4.35. The summed E-state index contributed by atoms with van der Waals surface area (Å²) in [6, 6.07) is 14.0. The van der Waals surface area contributed by atoms with Crippen LogP contribution in [0, 0.1) is 0 Å². The van der Waals surface area contributed by atoms with E-state index in [-0.39, 0.29) is 22.7 Å². The number of nitrogens with zero attached hydrogens (tertiary/aromatic N) is 3. The van der Waals surface area contributed by atoms with Crippen LogP contribution >= 0.6 is 15.9 Å². The SMILES string of the molecule is Cn1c(=O)c(-c2[nH][nH]c(=O)c2N=Nc2cccc(Br)c2)c(O)c2ccccc21. The lowest BCUT2D eigenvalue weighted by molar-refractivity contribution is 0.481. The first kappa shape index (κ1) is 17.9. The normalized spacial score (nSPS) is 11.5. The van der Waals surface area contributed by atoms with Crippen LogP contribution in [-0.2, 0) is 7.05 Å². The van der Waals surface area contributed by atoms with Crippen molar-refractivity contribution in [2.75, 3.05) is 0 Å². The molecule has 4 aromatic rings. The van der Waals surface area contributed by atoms with Crippen molar-refractivity contribution in [1.82, 2.24) is 14.8 Å². The standard InChI is InChI=1S/C19H14BrN5O3/c1-25-13-8-3-2-7-12(13)17(26)14(19(25)28)15-16(18(27)24-22-15)23-21-11-6-4-5-10(20)9-11/h2-9,26H,1H3,(H2,22,24,27). The molecule has 0 aliphatic heterocycles. The number of azo groups is 1. The quantitative estimate of drug-likeness (QED) is 0.417. The molecule has 2 heterocycles. The van der Waals surface area contributed by atoms with Gasteiger partial charge in [-0.25, -0.2) is 0 Å². The van der Waals surface area contributed by atoms with E-state index >= 15 is 0 Å². The van der Waals surface area contributed by atoms with Crippen molar-refractivity contribution in [3.8, 4) is 17.0 Å². The van der Waals surface area contributed by atoms with Crippen LogP contribution in [0.15, 0.2) is 72.8 Å². The first-order chi connectivity index (χ1) is 13.5. The molecule has 9 heteroatoms. The summed E-state index contributed by atoms with van der Waals surface area (Å²) in [7, 11) is 1.60. The lowest BCUT2D eigenvalue weighted by Gasteiger charge is -2.10. The molecule has 0 atom stereocenters. The van der Waals surface area contributed by atoms with E-state index in [1.165, 1.54) is 4.57 Å². The summed E-state index contributed by atoms with van der Waals surface area (Å²) in [6.07, 6.45) is 0. The number of aromatic nitrogens is 3. The van der Waals surface area contributed by atoms with Gasteiger partial charge in [-0.1, -0.05) is 34.1 Å². The van der Waals surface area contributed by atoms with Crippen molar-refractivity contribution >= 4 is 38.2 Å². The van der Waals surface area contributed by atoms with E-state index in [0.717, 1.165) is 4.47 Å². The molecule has 2 aromatic heterocycles. The molecule has 0 saturated carbocycles. The summed E-state index contributed by atoms with van der Waals surface area (Å²) in [4.78, 5) is 25.1. The van der Waals surface area contributed by atoms with Crippen LogP contribution in [0.4, 0.5) is 11.4 Å². The fourth-order valence-electron chi connectivity index (χ4n) is 2.98. The topological polar surface area (TPSA) is 116 Å². The third kappa shape index (κ3) is 2.95. The molecule has 140 valence electrons. The minimum Gasteiger partial charge on any atom is -0.506 e. The zero-order chi connectivity index (χ0) is 19.8. The Bertz CT molecular complexity index is 1350. The van der Waals surface area contributed by atoms with Gasteiger partial charge in [0.15, 0.2) is 5.69 Å². The molecule has 2 aromatic carbocycles. The summed E-state index contributed by atoms with van der Waals surface area (Å²) in [6.45, 7) is 0. The molecule has 3 N–H and O–H groups in total. The van der Waals surface area contributed by atoms with E-state index in [1.54, 1.807) is 49.5 Å². The summed E-state index contributed by atoms with van der Waals surface area (Å²) in [5, 5.41) is 24.3. The number of para-hydroxylation sites is 1. The second kappa shape index (κ2) is 6.93. The van der Waals surface area contributed by atoms with E-state index in [4.69, 9.17) is 0 Å². The number of aromatic hydroxyl groups is 1. The number of H-pyrrole nitrogens is 2. The monoisotopic (exact) mass is 439 g/mol. The minimum atomic E-state index is -0.552. The summed E-state index contributed by atoms with van der Waals surface area (Å²) in [5.74, 6) is -0.229. The zero-order valence-electron chi connectivity index (χ0n) is 14.6. The summed E-state index contributed by atoms with van der Waals surface area (Å²) in [5.41, 5.74) is 0.00668. The van der Waals surface area contributed by atoms with Gasteiger partial charge in [-0.15, -0.1) is 5.11 Å². The molecule has 28 heavy (non-hydrogen) atoms. The van der Waals surface area contributed by atoms with Crippen LogP contribution in [-0.4, -0.2) is 19.9 Å². The Balaban J connectivity index is 1.93. The number of pyridine rings is 1. The van der Waals surface area contributed by atoms with Crippen molar-refractivity contribution in [2.24, 2.45) is 17.3 Å². The van der Waals surface area contributed by atoms with Crippen LogP contribution < -0.4 is 11.1 Å². The molecule has 0 spiro atoms. The molecule has 0 aliphatic carbocycles. The largest absolute Gasteiger partial charge is 0.506 e. The first-order valence-electron chi connectivity index (χ1n) is 8.26. The maximum absolute atomic E-state index is 12.9. The lowest BCUT2D eigenvalue weighted by Crippen LogP contribution is -2.19. The third-order valence-corrected chi connectivity index (χ3v) is 4.85. The molecule has 0 radical (unpaired) electrons. The molecule has 0 amide bonds. The number of aryl methyl sites for hydroxylation is 1. The van der Waals surface area contributed by atoms with Crippen LogP contribution in [0.25, 0.3) is 22.2 Å². The van der Waals surface area contributed by atoms with Crippen LogP contribution in [0.1, 0.15) is 0 Å². The van der Waals surface area contributed by atoms with E-state index in [9.17, 15) is 14.7 Å². The highest BCUT2D eigenvalue weighted by molar-refractivity contribution is 9.10. The number of hydrogen-bond acceptors (Lipinski definition) is 5. The van der Waals surface area contributed by atoms with Crippen molar-refractivity contribution < 1.29 is 5.11 Å². The molecule has 4 rings (SSSR count). The van der Waals surface area contributed by atoms with Crippen molar-refractivity contribution in [1.29, 1.82) is 0 Å². The van der Waals surface area contributed by atoms with Gasteiger partial charge in [0.25, 0.3) is 11.1 Å². The number of rotatable bonds is 3. The van der Waals surface area contributed by atoms with Gasteiger partial charge in [-0.05, 0) is 30.3 Å². The minimum absolute atomic E-state index is 0.0530. The van der Waals surface area contributed by atoms with Gasteiger partial charge in [-0.2, -0.15) is 5.11 Å². The molecule has 8 nitrogen and oxygen atoms in total. The molecule has 0 fully saturated rings. The van der Waals surface area contributed by atoms with Crippen LogP contribution in [0.5, 0.6) is 5.75 Å². The highest BCUT2D eigenvalue weighted by Crippen LogP contribution is 2.35. The number of hydrogen-bond donors (Lipinski definition) is 3. The van der Waals surface area contributed by atoms with E-state index < -0.39 is 11.1 Å².